The molecule has 1 aromatic heterocycles. The molecule has 0 spiro atoms. The van der Waals surface area contributed by atoms with Gasteiger partial charge in [0, 0.05) is 24.5 Å². The summed E-state index contributed by atoms with van der Waals surface area (Å²) in [6.45, 7) is 3.91. The Morgan fingerprint density at radius 1 is 1.39 bits per heavy atom. The van der Waals surface area contributed by atoms with Crippen LogP contribution < -0.4 is 5.32 Å². The highest BCUT2D eigenvalue weighted by molar-refractivity contribution is 7.09. The van der Waals surface area contributed by atoms with Crippen LogP contribution in [-0.4, -0.2) is 11.5 Å². The molecule has 0 aliphatic carbocycles. The van der Waals surface area contributed by atoms with Crippen molar-refractivity contribution in [2.45, 2.75) is 26.3 Å². The number of benzene rings is 1. The van der Waals surface area contributed by atoms with Crippen molar-refractivity contribution in [2.75, 3.05) is 6.54 Å². The molecule has 0 radical (unpaired) electrons. The van der Waals surface area contributed by atoms with E-state index >= 15 is 0 Å². The van der Waals surface area contributed by atoms with Crippen molar-refractivity contribution in [2.24, 2.45) is 0 Å². The third-order valence-electron chi connectivity index (χ3n) is 2.69. The fourth-order valence-corrected chi connectivity index (χ4v) is 2.43. The normalized spacial score (nSPS) is 10.8. The molecule has 2 aromatic rings. The van der Waals surface area contributed by atoms with Crippen LogP contribution in [0.2, 0.25) is 0 Å². The van der Waals surface area contributed by atoms with Gasteiger partial charge in [-0.2, -0.15) is 0 Å². The van der Waals surface area contributed by atoms with Gasteiger partial charge < -0.3 is 5.32 Å². The van der Waals surface area contributed by atoms with Gasteiger partial charge in [0.15, 0.2) is 0 Å². The number of hydrogen-bond donors (Lipinski definition) is 1. The predicted octanol–water partition coefficient (Wildman–Crippen LogP) is 3.37. The van der Waals surface area contributed by atoms with Crippen molar-refractivity contribution in [1.82, 2.24) is 10.3 Å². The Labute approximate surface area is 111 Å². The highest BCUT2D eigenvalue weighted by Crippen LogP contribution is 2.16. The Hall–Kier alpha value is -1.26. The minimum absolute atomic E-state index is 0.149. The third-order valence-corrected chi connectivity index (χ3v) is 3.47. The lowest BCUT2D eigenvalue weighted by atomic mass is 10.1. The summed E-state index contributed by atoms with van der Waals surface area (Å²) in [6.07, 6.45) is 3.43. The molecule has 0 saturated carbocycles. The molecular weight excluding hydrogens is 247 g/mol. The van der Waals surface area contributed by atoms with E-state index in [1.54, 1.807) is 23.6 Å². The lowest BCUT2D eigenvalue weighted by Gasteiger charge is -2.07. The lowest BCUT2D eigenvalue weighted by Crippen LogP contribution is -2.14. The van der Waals surface area contributed by atoms with E-state index in [0.29, 0.717) is 6.42 Å². The average Bonchev–Trinajstić information content (AvgIpc) is 2.86. The molecular formula is C14H17FN2S. The molecule has 0 aliphatic heterocycles. The topological polar surface area (TPSA) is 24.9 Å². The standard InChI is InChI=1S/C14H17FN2S/c1-2-5-16-10-11-3-4-13(15)12(8-11)9-14-17-6-7-18-14/h3-4,6-8,16H,2,5,9-10H2,1H3. The molecule has 0 fully saturated rings. The second-order valence-corrected chi connectivity index (χ2v) is 5.18. The quantitative estimate of drug-likeness (QED) is 0.809. The summed E-state index contributed by atoms with van der Waals surface area (Å²) in [7, 11) is 0. The first-order chi connectivity index (χ1) is 8.79. The highest BCUT2D eigenvalue weighted by Gasteiger charge is 2.06. The van der Waals surface area contributed by atoms with E-state index in [2.05, 4.69) is 17.2 Å². The minimum atomic E-state index is -0.149. The van der Waals surface area contributed by atoms with Gasteiger partial charge in [0.05, 0.1) is 5.01 Å². The van der Waals surface area contributed by atoms with Gasteiger partial charge in [0.1, 0.15) is 5.82 Å². The molecule has 1 aromatic carbocycles. The Morgan fingerprint density at radius 3 is 3.00 bits per heavy atom. The van der Waals surface area contributed by atoms with Crippen molar-refractivity contribution in [3.63, 3.8) is 0 Å². The van der Waals surface area contributed by atoms with E-state index in [1.165, 1.54) is 0 Å². The molecule has 0 amide bonds. The maximum Gasteiger partial charge on any atom is 0.126 e. The second kappa shape index (κ2) is 6.61. The fourth-order valence-electron chi connectivity index (χ4n) is 1.79. The molecule has 0 atom stereocenters. The van der Waals surface area contributed by atoms with Gasteiger partial charge >= 0.3 is 0 Å². The molecule has 0 aliphatic rings. The van der Waals surface area contributed by atoms with Crippen molar-refractivity contribution < 1.29 is 4.39 Å². The van der Waals surface area contributed by atoms with Crippen LogP contribution in [0.1, 0.15) is 29.5 Å². The second-order valence-electron chi connectivity index (χ2n) is 4.21. The molecule has 0 saturated heterocycles. The maximum atomic E-state index is 13.7. The molecule has 0 bridgehead atoms. The van der Waals surface area contributed by atoms with Gasteiger partial charge in [-0.25, -0.2) is 9.37 Å². The van der Waals surface area contributed by atoms with E-state index < -0.39 is 0 Å². The van der Waals surface area contributed by atoms with Crippen molar-refractivity contribution >= 4 is 11.3 Å². The minimum Gasteiger partial charge on any atom is -0.313 e. The molecule has 18 heavy (non-hydrogen) atoms. The Balaban J connectivity index is 2.06. The van der Waals surface area contributed by atoms with Crippen LogP contribution in [0.25, 0.3) is 0 Å². The summed E-state index contributed by atoms with van der Waals surface area (Å²) in [5, 5.41) is 6.19. The van der Waals surface area contributed by atoms with E-state index in [-0.39, 0.29) is 5.82 Å². The summed E-state index contributed by atoms with van der Waals surface area (Å²) in [5.41, 5.74) is 1.84. The summed E-state index contributed by atoms with van der Waals surface area (Å²) in [6, 6.07) is 5.31. The molecule has 96 valence electrons. The summed E-state index contributed by atoms with van der Waals surface area (Å²) < 4.78 is 13.7. The first-order valence-corrected chi connectivity index (χ1v) is 7.04. The van der Waals surface area contributed by atoms with Crippen LogP contribution in [0, 0.1) is 5.82 Å². The van der Waals surface area contributed by atoms with Crippen molar-refractivity contribution in [3.05, 3.63) is 51.7 Å². The van der Waals surface area contributed by atoms with Crippen LogP contribution in [0.3, 0.4) is 0 Å². The zero-order valence-electron chi connectivity index (χ0n) is 10.4. The summed E-state index contributed by atoms with van der Waals surface area (Å²) >= 11 is 1.56. The number of halogens is 1. The van der Waals surface area contributed by atoms with Crippen molar-refractivity contribution in [3.8, 4) is 0 Å². The Bertz CT molecular complexity index is 483. The van der Waals surface area contributed by atoms with Crippen LogP contribution in [-0.2, 0) is 13.0 Å². The molecule has 2 nitrogen and oxygen atoms in total. The van der Waals surface area contributed by atoms with E-state index in [9.17, 15) is 4.39 Å². The SMILES string of the molecule is CCCNCc1ccc(F)c(Cc2nccs2)c1. The van der Waals surface area contributed by atoms with Gasteiger partial charge in [0.2, 0.25) is 0 Å². The average molecular weight is 264 g/mol. The van der Waals surface area contributed by atoms with Gasteiger partial charge in [-0.15, -0.1) is 11.3 Å². The van der Waals surface area contributed by atoms with Crippen LogP contribution >= 0.6 is 11.3 Å². The smallest absolute Gasteiger partial charge is 0.126 e. The Morgan fingerprint density at radius 2 is 2.28 bits per heavy atom. The lowest BCUT2D eigenvalue weighted by molar-refractivity contribution is 0.610. The number of hydrogen-bond acceptors (Lipinski definition) is 3. The molecule has 1 heterocycles. The number of nitrogens with zero attached hydrogens (tertiary/aromatic N) is 1. The van der Waals surface area contributed by atoms with Crippen LogP contribution in [0.4, 0.5) is 4.39 Å². The highest BCUT2D eigenvalue weighted by atomic mass is 32.1. The molecule has 1 N–H and O–H groups in total. The number of nitrogens with one attached hydrogen (secondary N) is 1. The Kier molecular flexibility index (Phi) is 4.84. The third kappa shape index (κ3) is 3.62. The number of aromatic nitrogens is 1. The summed E-state index contributed by atoms with van der Waals surface area (Å²) in [4.78, 5) is 4.19. The molecule has 0 unspecified atom stereocenters. The zero-order valence-corrected chi connectivity index (χ0v) is 11.3. The predicted molar refractivity (Wildman–Crippen MR) is 73.3 cm³/mol. The van der Waals surface area contributed by atoms with Gasteiger partial charge in [-0.1, -0.05) is 19.1 Å². The van der Waals surface area contributed by atoms with Gasteiger partial charge in [0.25, 0.3) is 0 Å². The van der Waals surface area contributed by atoms with Gasteiger partial charge in [-0.3, -0.25) is 0 Å². The van der Waals surface area contributed by atoms with Crippen LogP contribution in [0.5, 0.6) is 0 Å². The van der Waals surface area contributed by atoms with Crippen molar-refractivity contribution in [1.29, 1.82) is 0 Å². The van der Waals surface area contributed by atoms with E-state index in [4.69, 9.17) is 0 Å². The fraction of sp³-hybridized carbons (Fsp3) is 0.357. The first-order valence-electron chi connectivity index (χ1n) is 6.16. The molecule has 2 rings (SSSR count). The number of thiazole rings is 1. The van der Waals surface area contributed by atoms with Crippen LogP contribution in [0.15, 0.2) is 29.8 Å². The molecule has 4 heteroatoms. The largest absolute Gasteiger partial charge is 0.313 e. The number of rotatable bonds is 6. The van der Waals surface area contributed by atoms with E-state index in [0.717, 1.165) is 35.6 Å². The van der Waals surface area contributed by atoms with Gasteiger partial charge in [-0.05, 0) is 30.2 Å². The zero-order chi connectivity index (χ0) is 12.8. The maximum absolute atomic E-state index is 13.7. The summed E-state index contributed by atoms with van der Waals surface area (Å²) in [5.74, 6) is -0.149. The van der Waals surface area contributed by atoms with E-state index in [1.807, 2.05) is 17.5 Å². The monoisotopic (exact) mass is 264 g/mol. The first kappa shape index (κ1) is 13.2.